The Bertz CT molecular complexity index is 715. The number of fused-ring (bicyclic) bond motifs is 1. The van der Waals surface area contributed by atoms with Crippen LogP contribution in [0, 0.1) is 11.6 Å². The van der Waals surface area contributed by atoms with E-state index in [1.165, 1.54) is 6.92 Å². The van der Waals surface area contributed by atoms with Gasteiger partial charge in [0.25, 0.3) is 11.7 Å². The van der Waals surface area contributed by atoms with Gasteiger partial charge < -0.3 is 4.90 Å². The van der Waals surface area contributed by atoms with Gasteiger partial charge in [-0.2, -0.15) is 0 Å². The number of benzene rings is 1. The van der Waals surface area contributed by atoms with Crippen LogP contribution in [0.2, 0.25) is 0 Å². The number of rotatable bonds is 5. The molecular formula is C13H13F2NO4S. The molecular weight excluding hydrogens is 304 g/mol. The molecule has 0 spiro atoms. The Balaban J connectivity index is 2.21. The van der Waals surface area contributed by atoms with Crippen LogP contribution in [0.4, 0.5) is 14.5 Å². The summed E-state index contributed by atoms with van der Waals surface area (Å²) in [6.45, 7) is 1.47. The molecule has 0 fully saturated rings. The van der Waals surface area contributed by atoms with Crippen molar-refractivity contribution in [3.8, 4) is 0 Å². The number of halogens is 2. The lowest BCUT2D eigenvalue weighted by Gasteiger charge is -2.16. The van der Waals surface area contributed by atoms with Crippen LogP contribution in [0.15, 0.2) is 12.1 Å². The molecule has 0 saturated heterocycles. The first-order valence-electron chi connectivity index (χ1n) is 6.32. The minimum Gasteiger partial charge on any atom is -0.305 e. The monoisotopic (exact) mass is 317 g/mol. The molecule has 0 bridgehead atoms. The molecule has 0 radical (unpaired) electrons. The molecule has 8 heteroatoms. The number of ketones is 1. The Morgan fingerprint density at radius 3 is 2.38 bits per heavy atom. The average Bonchev–Trinajstić information content (AvgIpc) is 2.65. The summed E-state index contributed by atoms with van der Waals surface area (Å²) in [7, 11) is -3.19. The Kier molecular flexibility index (Phi) is 4.08. The van der Waals surface area contributed by atoms with Gasteiger partial charge in [-0.15, -0.1) is 0 Å². The van der Waals surface area contributed by atoms with Gasteiger partial charge in [-0.3, -0.25) is 9.59 Å². The third-order valence-corrected chi connectivity index (χ3v) is 5.08. The summed E-state index contributed by atoms with van der Waals surface area (Å²) in [6.07, 6.45) is 0.119. The van der Waals surface area contributed by atoms with E-state index in [-0.39, 0.29) is 35.7 Å². The van der Waals surface area contributed by atoms with Gasteiger partial charge in [0.1, 0.15) is 9.84 Å². The molecule has 0 saturated carbocycles. The van der Waals surface area contributed by atoms with E-state index >= 15 is 0 Å². The molecule has 21 heavy (non-hydrogen) atoms. The fraction of sp³-hybridized carbons (Fsp3) is 0.385. The van der Waals surface area contributed by atoms with E-state index in [1.807, 2.05) is 0 Å². The van der Waals surface area contributed by atoms with Crippen LogP contribution in [0.25, 0.3) is 0 Å². The van der Waals surface area contributed by atoms with Gasteiger partial charge in [0.2, 0.25) is 0 Å². The van der Waals surface area contributed by atoms with Crippen molar-refractivity contribution in [1.82, 2.24) is 0 Å². The van der Waals surface area contributed by atoms with Crippen LogP contribution in [0.3, 0.4) is 0 Å². The number of amides is 1. The maximum atomic E-state index is 13.2. The maximum Gasteiger partial charge on any atom is 0.299 e. The van der Waals surface area contributed by atoms with Gasteiger partial charge in [-0.1, -0.05) is 6.92 Å². The number of anilines is 1. The first-order valence-corrected chi connectivity index (χ1v) is 8.14. The molecule has 1 aromatic rings. The largest absolute Gasteiger partial charge is 0.305 e. The summed E-state index contributed by atoms with van der Waals surface area (Å²) < 4.78 is 49.1. The van der Waals surface area contributed by atoms with E-state index < -0.39 is 33.2 Å². The highest BCUT2D eigenvalue weighted by Crippen LogP contribution is 2.31. The predicted molar refractivity (Wildman–Crippen MR) is 72.0 cm³/mol. The molecule has 0 N–H and O–H groups in total. The number of nitrogens with zero attached hydrogens (tertiary/aromatic N) is 1. The molecule has 2 rings (SSSR count). The van der Waals surface area contributed by atoms with Crippen molar-refractivity contribution in [2.45, 2.75) is 13.3 Å². The maximum absolute atomic E-state index is 13.2. The first kappa shape index (κ1) is 15.6. The molecule has 5 nitrogen and oxygen atoms in total. The normalized spacial score (nSPS) is 14.7. The quantitative estimate of drug-likeness (QED) is 0.768. The number of carbonyl (C=O) groups is 2. The van der Waals surface area contributed by atoms with Gasteiger partial charge in [0, 0.05) is 18.4 Å². The van der Waals surface area contributed by atoms with Gasteiger partial charge >= 0.3 is 0 Å². The van der Waals surface area contributed by atoms with E-state index in [0.29, 0.717) is 6.07 Å². The Hall–Kier alpha value is -1.83. The van der Waals surface area contributed by atoms with Gasteiger partial charge in [0.05, 0.1) is 17.0 Å². The minimum atomic E-state index is -3.19. The highest BCUT2D eigenvalue weighted by molar-refractivity contribution is 7.91. The van der Waals surface area contributed by atoms with Crippen LogP contribution in [-0.2, 0) is 14.6 Å². The van der Waals surface area contributed by atoms with E-state index in [4.69, 9.17) is 0 Å². The second-order valence-electron chi connectivity index (χ2n) is 4.66. The molecule has 1 heterocycles. The van der Waals surface area contributed by atoms with Crippen molar-refractivity contribution in [2.75, 3.05) is 23.0 Å². The number of sulfone groups is 1. The summed E-state index contributed by atoms with van der Waals surface area (Å²) in [5.74, 6) is -4.34. The lowest BCUT2D eigenvalue weighted by atomic mass is 10.1. The van der Waals surface area contributed by atoms with Crippen molar-refractivity contribution < 1.29 is 26.8 Å². The van der Waals surface area contributed by atoms with Crippen molar-refractivity contribution in [3.05, 3.63) is 29.3 Å². The second kappa shape index (κ2) is 5.51. The number of hydrogen-bond donors (Lipinski definition) is 0. The average molecular weight is 317 g/mol. The zero-order valence-electron chi connectivity index (χ0n) is 11.2. The lowest BCUT2D eigenvalue weighted by molar-refractivity contribution is -0.114. The summed E-state index contributed by atoms with van der Waals surface area (Å²) in [5.41, 5.74) is -0.213. The van der Waals surface area contributed by atoms with Gasteiger partial charge in [-0.25, -0.2) is 17.2 Å². The van der Waals surface area contributed by atoms with E-state index in [1.54, 1.807) is 0 Å². The highest BCUT2D eigenvalue weighted by atomic mass is 32.2. The lowest BCUT2D eigenvalue weighted by Crippen LogP contribution is -2.31. The van der Waals surface area contributed by atoms with Gasteiger partial charge in [0.15, 0.2) is 11.6 Å². The molecule has 0 aliphatic carbocycles. The summed E-state index contributed by atoms with van der Waals surface area (Å²) in [5, 5.41) is 0. The number of carbonyl (C=O) groups excluding carboxylic acids is 2. The third kappa shape index (κ3) is 2.94. The SMILES string of the molecule is CCS(=O)(=O)CCCN1C(=O)C(=O)c2cc(F)c(F)cc21. The van der Waals surface area contributed by atoms with Gasteiger partial charge in [-0.05, 0) is 12.5 Å². The Labute approximate surface area is 120 Å². The van der Waals surface area contributed by atoms with Crippen LogP contribution >= 0.6 is 0 Å². The van der Waals surface area contributed by atoms with Crippen LogP contribution < -0.4 is 4.90 Å². The molecule has 1 aromatic carbocycles. The minimum absolute atomic E-state index is 0.0159. The zero-order valence-corrected chi connectivity index (χ0v) is 12.0. The van der Waals surface area contributed by atoms with Crippen LogP contribution in [0.1, 0.15) is 23.7 Å². The van der Waals surface area contributed by atoms with Crippen LogP contribution in [-0.4, -0.2) is 38.2 Å². The van der Waals surface area contributed by atoms with E-state index in [9.17, 15) is 26.8 Å². The highest BCUT2D eigenvalue weighted by Gasteiger charge is 2.36. The topological polar surface area (TPSA) is 71.5 Å². The second-order valence-corrected chi connectivity index (χ2v) is 7.13. The molecule has 1 amide bonds. The number of Topliss-reactive ketones (excluding diaryl/α,β-unsaturated/α-hetero) is 1. The van der Waals surface area contributed by atoms with E-state index in [0.717, 1.165) is 11.0 Å². The van der Waals surface area contributed by atoms with E-state index in [2.05, 4.69) is 0 Å². The molecule has 0 aromatic heterocycles. The summed E-state index contributed by atoms with van der Waals surface area (Å²) in [6, 6.07) is 1.47. The molecule has 0 atom stereocenters. The molecule has 1 aliphatic heterocycles. The zero-order chi connectivity index (χ0) is 15.8. The summed E-state index contributed by atoms with van der Waals surface area (Å²) >= 11 is 0. The molecule has 1 aliphatic rings. The predicted octanol–water partition coefficient (Wildman–Crippen LogP) is 1.32. The van der Waals surface area contributed by atoms with Crippen LogP contribution in [0.5, 0.6) is 0 Å². The number of hydrogen-bond acceptors (Lipinski definition) is 4. The molecule has 114 valence electrons. The summed E-state index contributed by atoms with van der Waals surface area (Å²) in [4.78, 5) is 24.5. The Morgan fingerprint density at radius 1 is 1.14 bits per heavy atom. The smallest absolute Gasteiger partial charge is 0.299 e. The fourth-order valence-corrected chi connectivity index (χ4v) is 2.96. The van der Waals surface area contributed by atoms with Crippen molar-refractivity contribution in [2.24, 2.45) is 0 Å². The molecule has 0 unspecified atom stereocenters. The van der Waals surface area contributed by atoms with Crippen molar-refractivity contribution in [3.63, 3.8) is 0 Å². The standard InChI is InChI=1S/C13H13F2NO4S/c1-2-21(19,20)5-3-4-16-11-7-10(15)9(14)6-8(11)12(17)13(16)18/h6-7H,2-5H2,1H3. The first-order chi connectivity index (χ1) is 9.76. The fourth-order valence-electron chi connectivity index (χ4n) is 2.10. The third-order valence-electron chi connectivity index (χ3n) is 3.29. The Morgan fingerprint density at radius 2 is 1.76 bits per heavy atom. The van der Waals surface area contributed by atoms with Crippen molar-refractivity contribution in [1.29, 1.82) is 0 Å². The van der Waals surface area contributed by atoms with Crippen molar-refractivity contribution >= 4 is 27.2 Å².